The van der Waals surface area contributed by atoms with Crippen LogP contribution in [-0.2, 0) is 0 Å². The molecule has 0 bridgehead atoms. The molecule has 0 atom stereocenters. The van der Waals surface area contributed by atoms with Crippen LogP contribution in [0.5, 0.6) is 5.75 Å². The molecule has 0 unspecified atom stereocenters. The van der Waals surface area contributed by atoms with E-state index >= 15 is 0 Å². The Balaban J connectivity index is 3.17. The zero-order valence-electron chi connectivity index (χ0n) is 6.63. The minimum absolute atomic E-state index is 0.386. The topological polar surface area (TPSA) is 20.2 Å². The van der Waals surface area contributed by atoms with E-state index in [9.17, 15) is 5.11 Å². The van der Waals surface area contributed by atoms with Gasteiger partial charge in [-0.05, 0) is 40.1 Å². The molecule has 0 saturated heterocycles. The van der Waals surface area contributed by atoms with Crippen LogP contribution >= 0.6 is 22.6 Å². The van der Waals surface area contributed by atoms with Gasteiger partial charge in [-0.15, -0.1) is 0 Å². The minimum atomic E-state index is 0.386. The van der Waals surface area contributed by atoms with Crippen LogP contribution in [0.4, 0.5) is 0 Å². The third-order valence-corrected chi connectivity index (χ3v) is 2.81. The molecule has 0 fully saturated rings. The Kier molecular flexibility index (Phi) is 2.76. The first-order chi connectivity index (χ1) is 5.13. The molecule has 2 heteroatoms. The van der Waals surface area contributed by atoms with E-state index in [1.165, 1.54) is 5.56 Å². The molecule has 0 saturated carbocycles. The molecule has 11 heavy (non-hydrogen) atoms. The van der Waals surface area contributed by atoms with Gasteiger partial charge in [-0.2, -0.15) is 0 Å². The van der Waals surface area contributed by atoms with E-state index < -0.39 is 0 Å². The molecular weight excluding hydrogens is 251 g/mol. The Hall–Kier alpha value is -0.250. The lowest BCUT2D eigenvalue weighted by Crippen LogP contribution is -1.90. The van der Waals surface area contributed by atoms with E-state index in [-0.39, 0.29) is 0 Å². The van der Waals surface area contributed by atoms with Gasteiger partial charge in [0.05, 0.1) is 3.57 Å². The van der Waals surface area contributed by atoms with E-state index in [1.807, 2.05) is 12.1 Å². The maximum absolute atomic E-state index is 9.34. The van der Waals surface area contributed by atoms with Gasteiger partial charge < -0.3 is 5.11 Å². The number of phenols is 1. The molecule has 0 spiro atoms. The van der Waals surface area contributed by atoms with Crippen molar-refractivity contribution in [3.63, 3.8) is 0 Å². The summed E-state index contributed by atoms with van der Waals surface area (Å²) < 4.78 is 0.972. The molecule has 1 rings (SSSR count). The lowest BCUT2D eigenvalue weighted by atomic mass is 10.0. The average molecular weight is 262 g/mol. The monoisotopic (exact) mass is 262 g/mol. The number of hydrogen-bond acceptors (Lipinski definition) is 1. The van der Waals surface area contributed by atoms with Gasteiger partial charge in [0, 0.05) is 0 Å². The Morgan fingerprint density at radius 3 is 2.45 bits per heavy atom. The average Bonchev–Trinajstić information content (AvgIpc) is 1.94. The van der Waals surface area contributed by atoms with Crippen LogP contribution in [0.1, 0.15) is 25.3 Å². The molecule has 60 valence electrons. The number of benzene rings is 1. The Labute approximate surface area is 80.6 Å². The quantitative estimate of drug-likeness (QED) is 0.771. The van der Waals surface area contributed by atoms with Crippen LogP contribution in [0, 0.1) is 3.57 Å². The molecule has 0 amide bonds. The summed E-state index contributed by atoms with van der Waals surface area (Å²) in [4.78, 5) is 0. The fourth-order valence-corrected chi connectivity index (χ4v) is 1.97. The smallest absolute Gasteiger partial charge is 0.129 e. The van der Waals surface area contributed by atoms with E-state index in [4.69, 9.17) is 0 Å². The van der Waals surface area contributed by atoms with Gasteiger partial charge in [0.1, 0.15) is 5.75 Å². The van der Waals surface area contributed by atoms with Crippen molar-refractivity contribution in [2.24, 2.45) is 0 Å². The van der Waals surface area contributed by atoms with Crippen LogP contribution in [0.15, 0.2) is 18.2 Å². The van der Waals surface area contributed by atoms with Crippen LogP contribution in [0.3, 0.4) is 0 Å². The van der Waals surface area contributed by atoms with Crippen molar-refractivity contribution in [3.05, 3.63) is 27.3 Å². The molecule has 0 aromatic heterocycles. The van der Waals surface area contributed by atoms with Crippen molar-refractivity contribution in [1.82, 2.24) is 0 Å². The van der Waals surface area contributed by atoms with Crippen LogP contribution in [-0.4, -0.2) is 5.11 Å². The van der Waals surface area contributed by atoms with Crippen molar-refractivity contribution in [3.8, 4) is 5.75 Å². The SMILES string of the molecule is CC(C)c1cccc(O)c1I. The normalized spacial score (nSPS) is 10.5. The molecule has 1 N–H and O–H groups in total. The molecule has 0 aliphatic heterocycles. The van der Waals surface area contributed by atoms with E-state index in [0.29, 0.717) is 11.7 Å². The Bertz CT molecular complexity index is 256. The van der Waals surface area contributed by atoms with E-state index in [2.05, 4.69) is 36.4 Å². The van der Waals surface area contributed by atoms with Gasteiger partial charge in [-0.1, -0.05) is 26.0 Å². The highest BCUT2D eigenvalue weighted by Crippen LogP contribution is 2.27. The molecule has 1 aromatic carbocycles. The number of aromatic hydroxyl groups is 1. The molecule has 0 heterocycles. The number of hydrogen-bond donors (Lipinski definition) is 1. The van der Waals surface area contributed by atoms with Crippen LogP contribution < -0.4 is 0 Å². The summed E-state index contributed by atoms with van der Waals surface area (Å²) in [6.45, 7) is 4.24. The van der Waals surface area contributed by atoms with Gasteiger partial charge in [-0.25, -0.2) is 0 Å². The van der Waals surface area contributed by atoms with Crippen molar-refractivity contribution < 1.29 is 5.11 Å². The predicted molar refractivity (Wildman–Crippen MR) is 54.9 cm³/mol. The van der Waals surface area contributed by atoms with Gasteiger partial charge in [0.2, 0.25) is 0 Å². The highest BCUT2D eigenvalue weighted by molar-refractivity contribution is 14.1. The largest absolute Gasteiger partial charge is 0.507 e. The van der Waals surface area contributed by atoms with Crippen molar-refractivity contribution >= 4 is 22.6 Å². The highest BCUT2D eigenvalue weighted by Gasteiger charge is 2.06. The molecular formula is C9H11IO. The Morgan fingerprint density at radius 1 is 1.36 bits per heavy atom. The first-order valence-corrected chi connectivity index (χ1v) is 4.68. The fourth-order valence-electron chi connectivity index (χ4n) is 0.983. The second-order valence-corrected chi connectivity index (χ2v) is 3.91. The maximum atomic E-state index is 9.34. The zero-order valence-corrected chi connectivity index (χ0v) is 8.79. The molecule has 0 aliphatic rings. The summed E-state index contributed by atoms with van der Waals surface area (Å²) >= 11 is 2.17. The zero-order chi connectivity index (χ0) is 8.43. The van der Waals surface area contributed by atoms with Crippen molar-refractivity contribution in [2.75, 3.05) is 0 Å². The fraction of sp³-hybridized carbons (Fsp3) is 0.333. The number of halogens is 1. The van der Waals surface area contributed by atoms with Crippen molar-refractivity contribution in [1.29, 1.82) is 0 Å². The third kappa shape index (κ3) is 1.86. The van der Waals surface area contributed by atoms with Crippen molar-refractivity contribution in [2.45, 2.75) is 19.8 Å². The Morgan fingerprint density at radius 2 is 2.00 bits per heavy atom. The summed E-state index contributed by atoms with van der Waals surface area (Å²) in [6.07, 6.45) is 0. The summed E-state index contributed by atoms with van der Waals surface area (Å²) in [5, 5.41) is 9.34. The summed E-state index contributed by atoms with van der Waals surface area (Å²) in [5.41, 5.74) is 1.21. The minimum Gasteiger partial charge on any atom is -0.507 e. The summed E-state index contributed by atoms with van der Waals surface area (Å²) in [5.74, 6) is 0.866. The summed E-state index contributed by atoms with van der Waals surface area (Å²) in [7, 11) is 0. The predicted octanol–water partition coefficient (Wildman–Crippen LogP) is 3.12. The number of rotatable bonds is 1. The first kappa shape index (κ1) is 8.84. The molecule has 0 aliphatic carbocycles. The maximum Gasteiger partial charge on any atom is 0.129 e. The van der Waals surface area contributed by atoms with Gasteiger partial charge >= 0.3 is 0 Å². The lowest BCUT2D eigenvalue weighted by molar-refractivity contribution is 0.470. The molecule has 0 radical (unpaired) electrons. The molecule has 1 nitrogen and oxygen atoms in total. The first-order valence-electron chi connectivity index (χ1n) is 3.60. The van der Waals surface area contributed by atoms with Crippen LogP contribution in [0.25, 0.3) is 0 Å². The van der Waals surface area contributed by atoms with Gasteiger partial charge in [-0.3, -0.25) is 0 Å². The standard InChI is InChI=1S/C9H11IO/c1-6(2)7-4-3-5-8(11)9(7)10/h3-6,11H,1-2H3. The lowest BCUT2D eigenvalue weighted by Gasteiger charge is -2.08. The molecule has 1 aromatic rings. The van der Waals surface area contributed by atoms with Gasteiger partial charge in [0.15, 0.2) is 0 Å². The van der Waals surface area contributed by atoms with E-state index in [1.54, 1.807) is 6.07 Å². The van der Waals surface area contributed by atoms with Crippen LogP contribution in [0.2, 0.25) is 0 Å². The third-order valence-electron chi connectivity index (χ3n) is 1.63. The second-order valence-electron chi connectivity index (χ2n) is 2.84. The van der Waals surface area contributed by atoms with Gasteiger partial charge in [0.25, 0.3) is 0 Å². The number of phenolic OH excluding ortho intramolecular Hbond substituents is 1. The highest BCUT2D eigenvalue weighted by atomic mass is 127. The van der Waals surface area contributed by atoms with E-state index in [0.717, 1.165) is 3.57 Å². The summed E-state index contributed by atoms with van der Waals surface area (Å²) in [6, 6.07) is 5.65. The second kappa shape index (κ2) is 3.43.